The summed E-state index contributed by atoms with van der Waals surface area (Å²) in [6, 6.07) is 0. The molecule has 0 rings (SSSR count). The molecule has 62 valence electrons. The van der Waals surface area contributed by atoms with Gasteiger partial charge in [-0.2, -0.15) is 0 Å². The lowest BCUT2D eigenvalue weighted by Crippen LogP contribution is -2.17. The Kier molecular flexibility index (Phi) is 7.47. The summed E-state index contributed by atoms with van der Waals surface area (Å²) >= 11 is 5.41. The van der Waals surface area contributed by atoms with Gasteiger partial charge >= 0.3 is 0 Å². The van der Waals surface area contributed by atoms with Crippen LogP contribution in [0.4, 0.5) is 0 Å². The second kappa shape index (κ2) is 7.32. The molecule has 0 bridgehead atoms. The molecule has 0 fully saturated rings. The van der Waals surface area contributed by atoms with Gasteiger partial charge in [0.05, 0.1) is 19.3 Å². The van der Waals surface area contributed by atoms with Crippen LogP contribution in [-0.4, -0.2) is 32.3 Å². The summed E-state index contributed by atoms with van der Waals surface area (Å²) in [4.78, 5) is 0. The van der Waals surface area contributed by atoms with Crippen molar-refractivity contribution in [3.8, 4) is 0 Å². The zero-order valence-corrected chi connectivity index (χ0v) is 7.36. The Balaban J connectivity index is 3.09. The lowest BCUT2D eigenvalue weighted by atomic mass is 10.3. The Morgan fingerprint density at radius 2 is 2.20 bits per heavy atom. The normalized spacial score (nSPS) is 13.5. The Morgan fingerprint density at radius 3 is 2.60 bits per heavy atom. The molecular weight excluding hydrogens is 152 g/mol. The molecule has 0 saturated carbocycles. The Morgan fingerprint density at radius 1 is 1.50 bits per heavy atom. The molecule has 0 aromatic carbocycles. The first-order valence-electron chi connectivity index (χ1n) is 3.51. The summed E-state index contributed by atoms with van der Waals surface area (Å²) < 4.78 is 10.2. The standard InChI is InChI=1S/C7H15ClO2/c1-3-7(9-2)6-10-5-4-8/h7H,3-6H2,1-2H3. The van der Waals surface area contributed by atoms with Crippen molar-refractivity contribution in [3.63, 3.8) is 0 Å². The van der Waals surface area contributed by atoms with E-state index in [1.165, 1.54) is 0 Å². The molecule has 0 N–H and O–H groups in total. The number of ether oxygens (including phenoxy) is 2. The molecule has 0 radical (unpaired) electrons. The highest BCUT2D eigenvalue weighted by Gasteiger charge is 2.02. The Labute approximate surface area is 67.5 Å². The molecule has 10 heavy (non-hydrogen) atoms. The van der Waals surface area contributed by atoms with Crippen LogP contribution in [-0.2, 0) is 9.47 Å². The number of alkyl halides is 1. The third-order valence-corrected chi connectivity index (χ3v) is 1.47. The molecule has 3 heteroatoms. The number of methoxy groups -OCH3 is 1. The molecule has 0 aliphatic rings. The minimum atomic E-state index is 0.225. The molecule has 0 aliphatic heterocycles. The summed E-state index contributed by atoms with van der Waals surface area (Å²) in [7, 11) is 1.69. The van der Waals surface area contributed by atoms with Gasteiger partial charge in [-0.05, 0) is 6.42 Å². The van der Waals surface area contributed by atoms with E-state index in [9.17, 15) is 0 Å². The van der Waals surface area contributed by atoms with Crippen LogP contribution in [0.5, 0.6) is 0 Å². The lowest BCUT2D eigenvalue weighted by molar-refractivity contribution is 0.0116. The van der Waals surface area contributed by atoms with E-state index in [-0.39, 0.29) is 6.10 Å². The van der Waals surface area contributed by atoms with E-state index >= 15 is 0 Å². The maximum atomic E-state index is 5.41. The van der Waals surface area contributed by atoms with E-state index in [4.69, 9.17) is 21.1 Å². The second-order valence-corrected chi connectivity index (χ2v) is 2.41. The van der Waals surface area contributed by atoms with Crippen molar-refractivity contribution in [2.24, 2.45) is 0 Å². The Bertz CT molecular complexity index is 64.6. The van der Waals surface area contributed by atoms with Crippen LogP contribution >= 0.6 is 11.6 Å². The van der Waals surface area contributed by atoms with E-state index in [2.05, 4.69) is 6.92 Å². The van der Waals surface area contributed by atoms with Crippen molar-refractivity contribution in [1.82, 2.24) is 0 Å². The topological polar surface area (TPSA) is 18.5 Å². The molecule has 0 aromatic heterocycles. The summed E-state index contributed by atoms with van der Waals surface area (Å²) in [5, 5.41) is 0. The molecular formula is C7H15ClO2. The smallest absolute Gasteiger partial charge is 0.0802 e. The van der Waals surface area contributed by atoms with E-state index in [0.29, 0.717) is 19.1 Å². The van der Waals surface area contributed by atoms with Gasteiger partial charge in [0.25, 0.3) is 0 Å². The number of rotatable bonds is 6. The van der Waals surface area contributed by atoms with Crippen LogP contribution in [0.3, 0.4) is 0 Å². The second-order valence-electron chi connectivity index (χ2n) is 2.03. The predicted octanol–water partition coefficient (Wildman–Crippen LogP) is 1.67. The highest BCUT2D eigenvalue weighted by Crippen LogP contribution is 1.96. The SMILES string of the molecule is CCC(COCCCl)OC. The first kappa shape index (κ1) is 10.2. The third-order valence-electron chi connectivity index (χ3n) is 1.31. The third kappa shape index (κ3) is 5.03. The molecule has 0 aliphatic carbocycles. The Hall–Kier alpha value is 0.210. The number of hydrogen-bond donors (Lipinski definition) is 0. The van der Waals surface area contributed by atoms with E-state index in [0.717, 1.165) is 6.42 Å². The molecule has 0 aromatic rings. The number of halogens is 1. The summed E-state index contributed by atoms with van der Waals surface area (Å²) in [6.07, 6.45) is 1.21. The van der Waals surface area contributed by atoms with Gasteiger partial charge in [0, 0.05) is 13.0 Å². The van der Waals surface area contributed by atoms with Crippen molar-refractivity contribution < 1.29 is 9.47 Å². The van der Waals surface area contributed by atoms with Gasteiger partial charge in [-0.25, -0.2) is 0 Å². The molecule has 1 unspecified atom stereocenters. The van der Waals surface area contributed by atoms with Crippen LogP contribution < -0.4 is 0 Å². The van der Waals surface area contributed by atoms with Gasteiger partial charge in [-0.1, -0.05) is 6.92 Å². The molecule has 0 saturated heterocycles. The van der Waals surface area contributed by atoms with Crippen molar-refractivity contribution >= 4 is 11.6 Å². The van der Waals surface area contributed by atoms with E-state index < -0.39 is 0 Å². The highest BCUT2D eigenvalue weighted by atomic mass is 35.5. The van der Waals surface area contributed by atoms with E-state index in [1.807, 2.05) is 0 Å². The monoisotopic (exact) mass is 166 g/mol. The van der Waals surface area contributed by atoms with Crippen LogP contribution in [0.1, 0.15) is 13.3 Å². The van der Waals surface area contributed by atoms with Crippen LogP contribution in [0.25, 0.3) is 0 Å². The molecule has 1 atom stereocenters. The van der Waals surface area contributed by atoms with Gasteiger partial charge in [0.15, 0.2) is 0 Å². The van der Waals surface area contributed by atoms with Crippen molar-refractivity contribution in [2.45, 2.75) is 19.4 Å². The van der Waals surface area contributed by atoms with Crippen LogP contribution in [0.15, 0.2) is 0 Å². The average Bonchev–Trinajstić information content (AvgIpc) is 1.99. The minimum absolute atomic E-state index is 0.225. The average molecular weight is 167 g/mol. The van der Waals surface area contributed by atoms with Gasteiger partial charge in [0.1, 0.15) is 0 Å². The zero-order valence-electron chi connectivity index (χ0n) is 6.60. The summed E-state index contributed by atoms with van der Waals surface area (Å²) in [6.45, 7) is 3.33. The fourth-order valence-corrected chi connectivity index (χ4v) is 0.731. The largest absolute Gasteiger partial charge is 0.379 e. The van der Waals surface area contributed by atoms with Crippen molar-refractivity contribution in [2.75, 3.05) is 26.2 Å². The molecule has 0 heterocycles. The van der Waals surface area contributed by atoms with Gasteiger partial charge in [-0.15, -0.1) is 11.6 Å². The molecule has 0 spiro atoms. The maximum absolute atomic E-state index is 5.41. The van der Waals surface area contributed by atoms with Gasteiger partial charge < -0.3 is 9.47 Å². The van der Waals surface area contributed by atoms with Crippen molar-refractivity contribution in [1.29, 1.82) is 0 Å². The van der Waals surface area contributed by atoms with Gasteiger partial charge in [0.2, 0.25) is 0 Å². The number of hydrogen-bond acceptors (Lipinski definition) is 2. The molecule has 2 nitrogen and oxygen atoms in total. The fourth-order valence-electron chi connectivity index (χ4n) is 0.622. The fraction of sp³-hybridized carbons (Fsp3) is 1.00. The van der Waals surface area contributed by atoms with Gasteiger partial charge in [-0.3, -0.25) is 0 Å². The maximum Gasteiger partial charge on any atom is 0.0802 e. The van der Waals surface area contributed by atoms with Crippen LogP contribution in [0, 0.1) is 0 Å². The first-order valence-corrected chi connectivity index (χ1v) is 4.05. The first-order chi connectivity index (χ1) is 4.85. The van der Waals surface area contributed by atoms with Crippen LogP contribution in [0.2, 0.25) is 0 Å². The minimum Gasteiger partial charge on any atom is -0.379 e. The quantitative estimate of drug-likeness (QED) is 0.442. The summed E-state index contributed by atoms with van der Waals surface area (Å²) in [5.74, 6) is 0.556. The predicted molar refractivity (Wildman–Crippen MR) is 42.6 cm³/mol. The lowest BCUT2D eigenvalue weighted by Gasteiger charge is -2.11. The van der Waals surface area contributed by atoms with Crippen molar-refractivity contribution in [3.05, 3.63) is 0 Å². The zero-order chi connectivity index (χ0) is 7.82. The van der Waals surface area contributed by atoms with E-state index in [1.54, 1.807) is 7.11 Å². The highest BCUT2D eigenvalue weighted by molar-refractivity contribution is 6.17. The summed E-state index contributed by atoms with van der Waals surface area (Å²) in [5.41, 5.74) is 0. The molecule has 0 amide bonds.